The zero-order valence-corrected chi connectivity index (χ0v) is 8.18. The van der Waals surface area contributed by atoms with Crippen molar-refractivity contribution in [1.82, 2.24) is 0 Å². The lowest BCUT2D eigenvalue weighted by Gasteiger charge is -2.08. The number of hydrogen-bond donors (Lipinski definition) is 0. The van der Waals surface area contributed by atoms with Crippen LogP contribution in [0.5, 0.6) is 0 Å². The molecule has 78 valence electrons. The van der Waals surface area contributed by atoms with Gasteiger partial charge in [0.05, 0.1) is 11.5 Å². The minimum Gasteiger partial charge on any atom is -0.364 e. The smallest absolute Gasteiger partial charge is 0.269 e. The molecule has 0 N–H and O–H groups in total. The molecule has 0 radical (unpaired) electrons. The first kappa shape index (κ1) is 9.86. The van der Waals surface area contributed by atoms with Crippen molar-refractivity contribution < 1.29 is 9.66 Å². The van der Waals surface area contributed by atoms with Crippen molar-refractivity contribution in [3.63, 3.8) is 0 Å². The quantitative estimate of drug-likeness (QED) is 0.328. The second-order valence-electron chi connectivity index (χ2n) is 3.58. The van der Waals surface area contributed by atoms with Crippen molar-refractivity contribution in [2.24, 2.45) is 0 Å². The predicted octanol–water partition coefficient (Wildman–Crippen LogP) is 2.40. The number of rotatable bonds is 4. The van der Waals surface area contributed by atoms with Crippen molar-refractivity contribution in [3.8, 4) is 0 Å². The van der Waals surface area contributed by atoms with Gasteiger partial charge >= 0.3 is 0 Å². The SMILES string of the molecule is C=CCC1(c2ccc([N+](=O)[O-])cc2)CO1. The van der Waals surface area contributed by atoms with Crippen LogP contribution in [-0.2, 0) is 10.3 Å². The Morgan fingerprint density at radius 3 is 2.53 bits per heavy atom. The Morgan fingerprint density at radius 2 is 2.13 bits per heavy atom. The predicted molar refractivity (Wildman–Crippen MR) is 55.5 cm³/mol. The summed E-state index contributed by atoms with van der Waals surface area (Å²) in [6.45, 7) is 4.33. The van der Waals surface area contributed by atoms with Crippen LogP contribution in [0.3, 0.4) is 0 Å². The molecule has 1 aromatic rings. The standard InChI is InChI=1S/C11H11NO3/c1-2-7-11(8-15-11)9-3-5-10(6-4-9)12(13)14/h2-6H,1,7-8H2. The second-order valence-corrected chi connectivity index (χ2v) is 3.58. The lowest BCUT2D eigenvalue weighted by molar-refractivity contribution is -0.384. The van der Waals surface area contributed by atoms with Crippen molar-refractivity contribution >= 4 is 5.69 Å². The molecule has 0 amide bonds. The van der Waals surface area contributed by atoms with Crippen molar-refractivity contribution in [2.75, 3.05) is 6.61 Å². The van der Waals surface area contributed by atoms with Crippen LogP contribution in [0.1, 0.15) is 12.0 Å². The van der Waals surface area contributed by atoms with E-state index in [1.165, 1.54) is 12.1 Å². The fourth-order valence-electron chi connectivity index (χ4n) is 1.61. The molecule has 1 fully saturated rings. The zero-order chi connectivity index (χ0) is 10.9. The molecule has 0 aliphatic carbocycles. The Balaban J connectivity index is 2.24. The van der Waals surface area contributed by atoms with Crippen LogP contribution in [0, 0.1) is 10.1 Å². The number of ether oxygens (including phenoxy) is 1. The molecule has 1 atom stereocenters. The van der Waals surface area contributed by atoms with Crippen LogP contribution >= 0.6 is 0 Å². The second kappa shape index (κ2) is 3.47. The number of nitro benzene ring substituents is 1. The average Bonchev–Trinajstić information content (AvgIpc) is 3.00. The molecular weight excluding hydrogens is 194 g/mol. The van der Waals surface area contributed by atoms with E-state index in [2.05, 4.69) is 6.58 Å². The van der Waals surface area contributed by atoms with Gasteiger partial charge < -0.3 is 4.74 Å². The monoisotopic (exact) mass is 205 g/mol. The average molecular weight is 205 g/mol. The summed E-state index contributed by atoms with van der Waals surface area (Å²) in [5.41, 5.74) is 0.817. The highest BCUT2D eigenvalue weighted by Crippen LogP contribution is 2.42. The van der Waals surface area contributed by atoms with Gasteiger partial charge in [0.1, 0.15) is 5.60 Å². The first-order valence-corrected chi connectivity index (χ1v) is 4.68. The van der Waals surface area contributed by atoms with E-state index in [4.69, 9.17) is 4.74 Å². The minimum atomic E-state index is -0.405. The highest BCUT2D eigenvalue weighted by molar-refractivity contribution is 5.37. The molecule has 1 aromatic carbocycles. The summed E-state index contributed by atoms with van der Waals surface area (Å²) in [6, 6.07) is 6.49. The first-order valence-electron chi connectivity index (χ1n) is 4.68. The Hall–Kier alpha value is -1.68. The van der Waals surface area contributed by atoms with Crippen molar-refractivity contribution in [2.45, 2.75) is 12.0 Å². The summed E-state index contributed by atoms with van der Waals surface area (Å²) in [5, 5.41) is 10.5. The summed E-state index contributed by atoms with van der Waals surface area (Å²) in [4.78, 5) is 10.1. The molecule has 1 unspecified atom stereocenters. The first-order chi connectivity index (χ1) is 7.18. The minimum absolute atomic E-state index is 0.105. The van der Waals surface area contributed by atoms with Gasteiger partial charge in [0, 0.05) is 18.6 Å². The van der Waals surface area contributed by atoms with E-state index in [0.29, 0.717) is 6.61 Å². The van der Waals surface area contributed by atoms with Crippen LogP contribution in [0.25, 0.3) is 0 Å². The number of benzene rings is 1. The van der Waals surface area contributed by atoms with Gasteiger partial charge in [0.25, 0.3) is 5.69 Å². The zero-order valence-electron chi connectivity index (χ0n) is 8.18. The Labute approximate surface area is 87.3 Å². The van der Waals surface area contributed by atoms with Gasteiger partial charge in [-0.1, -0.05) is 6.08 Å². The summed E-state index contributed by atoms with van der Waals surface area (Å²) < 4.78 is 5.38. The van der Waals surface area contributed by atoms with E-state index in [1.54, 1.807) is 18.2 Å². The van der Waals surface area contributed by atoms with Gasteiger partial charge in [-0.3, -0.25) is 10.1 Å². The summed E-state index contributed by atoms with van der Waals surface area (Å²) >= 11 is 0. The van der Waals surface area contributed by atoms with Crippen LogP contribution < -0.4 is 0 Å². The van der Waals surface area contributed by atoms with Gasteiger partial charge in [0.2, 0.25) is 0 Å². The number of nitro groups is 1. The van der Waals surface area contributed by atoms with E-state index in [-0.39, 0.29) is 11.3 Å². The highest BCUT2D eigenvalue weighted by Gasteiger charge is 2.45. The van der Waals surface area contributed by atoms with E-state index < -0.39 is 4.92 Å². The molecule has 0 bridgehead atoms. The van der Waals surface area contributed by atoms with Crippen LogP contribution in [0.2, 0.25) is 0 Å². The number of nitrogens with zero attached hydrogens (tertiary/aromatic N) is 1. The molecule has 2 rings (SSSR count). The van der Waals surface area contributed by atoms with Crippen LogP contribution in [0.4, 0.5) is 5.69 Å². The third-order valence-electron chi connectivity index (χ3n) is 2.57. The topological polar surface area (TPSA) is 55.7 Å². The third kappa shape index (κ3) is 1.76. The van der Waals surface area contributed by atoms with Crippen molar-refractivity contribution in [1.29, 1.82) is 0 Å². The van der Waals surface area contributed by atoms with Gasteiger partial charge in [-0.2, -0.15) is 0 Å². The number of epoxide rings is 1. The number of hydrogen-bond acceptors (Lipinski definition) is 3. The van der Waals surface area contributed by atoms with Gasteiger partial charge in [-0.25, -0.2) is 0 Å². The molecule has 15 heavy (non-hydrogen) atoms. The Morgan fingerprint density at radius 1 is 1.53 bits per heavy atom. The van der Waals surface area contributed by atoms with Gasteiger partial charge in [-0.15, -0.1) is 6.58 Å². The Kier molecular flexibility index (Phi) is 2.28. The summed E-state index contributed by atoms with van der Waals surface area (Å²) in [7, 11) is 0. The maximum absolute atomic E-state index is 10.5. The molecule has 4 nitrogen and oxygen atoms in total. The molecule has 0 saturated carbocycles. The third-order valence-corrected chi connectivity index (χ3v) is 2.57. The van der Waals surface area contributed by atoms with E-state index in [1.807, 2.05) is 0 Å². The van der Waals surface area contributed by atoms with Gasteiger partial charge in [-0.05, 0) is 17.7 Å². The summed E-state index contributed by atoms with van der Waals surface area (Å²) in [5.74, 6) is 0. The molecule has 1 aliphatic rings. The molecule has 0 aromatic heterocycles. The summed E-state index contributed by atoms with van der Waals surface area (Å²) in [6.07, 6.45) is 2.54. The molecule has 1 heterocycles. The lowest BCUT2D eigenvalue weighted by atomic mass is 9.96. The lowest BCUT2D eigenvalue weighted by Crippen LogP contribution is -2.06. The van der Waals surface area contributed by atoms with E-state index >= 15 is 0 Å². The highest BCUT2D eigenvalue weighted by atomic mass is 16.6. The number of non-ortho nitro benzene ring substituents is 1. The molecule has 1 aliphatic heterocycles. The van der Waals surface area contributed by atoms with Crippen molar-refractivity contribution in [3.05, 3.63) is 52.6 Å². The van der Waals surface area contributed by atoms with Crippen LogP contribution in [0.15, 0.2) is 36.9 Å². The Bertz CT molecular complexity index is 393. The fraction of sp³-hybridized carbons (Fsp3) is 0.273. The maximum atomic E-state index is 10.5. The molecular formula is C11H11NO3. The van der Waals surface area contributed by atoms with Gasteiger partial charge in [0.15, 0.2) is 0 Å². The van der Waals surface area contributed by atoms with Crippen LogP contribution in [-0.4, -0.2) is 11.5 Å². The largest absolute Gasteiger partial charge is 0.364 e. The fourth-order valence-corrected chi connectivity index (χ4v) is 1.61. The maximum Gasteiger partial charge on any atom is 0.269 e. The molecule has 1 saturated heterocycles. The normalized spacial score (nSPS) is 23.5. The van der Waals surface area contributed by atoms with E-state index in [0.717, 1.165) is 12.0 Å². The molecule has 0 spiro atoms. The van der Waals surface area contributed by atoms with E-state index in [9.17, 15) is 10.1 Å². The molecule has 4 heteroatoms.